The topological polar surface area (TPSA) is 71.5 Å². The Kier molecular flexibility index (Phi) is 5.83. The predicted octanol–water partition coefficient (Wildman–Crippen LogP) is 5.00. The molecule has 0 bridgehead atoms. The first-order valence-corrected chi connectivity index (χ1v) is 11.6. The third-order valence-corrected chi connectivity index (χ3v) is 6.70. The van der Waals surface area contributed by atoms with Gasteiger partial charge < -0.3 is 14.7 Å². The van der Waals surface area contributed by atoms with E-state index in [9.17, 15) is 10.0 Å². The van der Waals surface area contributed by atoms with Crippen molar-refractivity contribution in [3.05, 3.63) is 82.4 Å². The van der Waals surface area contributed by atoms with E-state index in [4.69, 9.17) is 9.47 Å². The number of aromatic nitrogens is 1. The van der Waals surface area contributed by atoms with Gasteiger partial charge in [0.15, 0.2) is 0 Å². The molecule has 0 saturated carbocycles. The minimum atomic E-state index is -0.702. The summed E-state index contributed by atoms with van der Waals surface area (Å²) in [7, 11) is 1.55. The molecule has 0 spiro atoms. The second-order valence-corrected chi connectivity index (χ2v) is 9.19. The molecule has 3 heterocycles. The number of ether oxygens (including phenoxy) is 2. The number of fused-ring (bicyclic) bond motifs is 1. The SMILES string of the molecule is COc1cc(-c2ccc(C3CCc4ccc(C[C@H](C)C(=O)[N+]5([O-])CC5)cc4O3)c(F)c2)ccn1. The molecule has 1 aromatic heterocycles. The van der Waals surface area contributed by atoms with Crippen molar-refractivity contribution in [3.63, 3.8) is 0 Å². The monoisotopic (exact) mass is 462 g/mol. The molecule has 1 unspecified atom stereocenters. The van der Waals surface area contributed by atoms with Crippen LogP contribution < -0.4 is 9.47 Å². The lowest BCUT2D eigenvalue weighted by molar-refractivity contribution is -0.662. The lowest BCUT2D eigenvalue weighted by Crippen LogP contribution is -2.33. The van der Waals surface area contributed by atoms with Gasteiger partial charge in [-0.15, -0.1) is 0 Å². The number of hydrogen-bond acceptors (Lipinski definition) is 5. The summed E-state index contributed by atoms with van der Waals surface area (Å²) >= 11 is 0. The normalized spacial score (nSPS) is 19.0. The van der Waals surface area contributed by atoms with Crippen LogP contribution in [0.5, 0.6) is 11.6 Å². The van der Waals surface area contributed by atoms with E-state index >= 15 is 4.39 Å². The lowest BCUT2D eigenvalue weighted by Gasteiger charge is -2.28. The molecule has 0 aliphatic carbocycles. The summed E-state index contributed by atoms with van der Waals surface area (Å²) in [6.07, 6.45) is 3.18. The van der Waals surface area contributed by atoms with Gasteiger partial charge in [-0.2, -0.15) is 0 Å². The summed E-state index contributed by atoms with van der Waals surface area (Å²) in [5, 5.41) is 12.1. The molecule has 6 nitrogen and oxygen atoms in total. The van der Waals surface area contributed by atoms with Crippen LogP contribution in [0.25, 0.3) is 11.1 Å². The van der Waals surface area contributed by atoms with Crippen LogP contribution in [0.1, 0.15) is 36.1 Å². The van der Waals surface area contributed by atoms with Crippen LogP contribution in [0.15, 0.2) is 54.7 Å². The zero-order valence-corrected chi connectivity index (χ0v) is 19.3. The lowest BCUT2D eigenvalue weighted by atomic mass is 9.93. The number of carbonyl (C=O) groups is 1. The first kappa shape index (κ1) is 22.5. The number of nitrogens with zero attached hydrogens (tertiary/aromatic N) is 2. The highest BCUT2D eigenvalue weighted by molar-refractivity contribution is 5.73. The molecule has 2 atom stereocenters. The zero-order chi connectivity index (χ0) is 23.9. The van der Waals surface area contributed by atoms with Gasteiger partial charge in [0.1, 0.15) is 30.8 Å². The molecular formula is C27H27FN2O4. The summed E-state index contributed by atoms with van der Waals surface area (Å²) < 4.78 is 25.8. The molecule has 2 aromatic carbocycles. The number of pyridine rings is 1. The average Bonchev–Trinajstić information content (AvgIpc) is 3.61. The number of methoxy groups -OCH3 is 1. The maximum absolute atomic E-state index is 15.1. The van der Waals surface area contributed by atoms with E-state index < -0.39 is 10.8 Å². The molecular weight excluding hydrogens is 435 g/mol. The molecule has 1 saturated heterocycles. The number of carbonyl (C=O) groups excluding carboxylic acids is 1. The summed E-state index contributed by atoms with van der Waals surface area (Å²) in [4.78, 5) is 16.4. The standard InChI is InChI=1S/C27H27FN2O4/c1-17(27(31)30(32)11-12-30)13-18-3-4-19-6-8-24(34-25(19)14-18)22-7-5-20(15-23(22)28)21-9-10-29-26(16-21)33-2/h3-5,7,9-10,14-17,24H,6,8,11-13H2,1-2H3/t17-,24?/m0/s1. The van der Waals surface area contributed by atoms with Crippen LogP contribution in [-0.4, -0.2) is 35.7 Å². The molecule has 5 rings (SSSR count). The first-order valence-electron chi connectivity index (χ1n) is 11.6. The molecule has 1 fully saturated rings. The Morgan fingerprint density at radius 2 is 2.00 bits per heavy atom. The second-order valence-electron chi connectivity index (χ2n) is 9.19. The van der Waals surface area contributed by atoms with Crippen LogP contribution in [0, 0.1) is 16.9 Å². The third-order valence-electron chi connectivity index (χ3n) is 6.70. The summed E-state index contributed by atoms with van der Waals surface area (Å²) in [6.45, 7) is 2.57. The quantitative estimate of drug-likeness (QED) is 0.293. The Hall–Kier alpha value is -3.29. The minimum absolute atomic E-state index is 0.259. The summed E-state index contributed by atoms with van der Waals surface area (Å²) in [5.41, 5.74) is 4.09. The minimum Gasteiger partial charge on any atom is -0.625 e. The number of quaternary nitrogens is 1. The van der Waals surface area contributed by atoms with Crippen molar-refractivity contribution in [3.8, 4) is 22.8 Å². The van der Waals surface area contributed by atoms with E-state index in [0.29, 0.717) is 43.1 Å². The first-order chi connectivity index (χ1) is 16.4. The Bertz CT molecular complexity index is 1240. The Balaban J connectivity index is 1.33. The highest BCUT2D eigenvalue weighted by Gasteiger charge is 2.43. The van der Waals surface area contributed by atoms with Crippen molar-refractivity contribution in [1.29, 1.82) is 0 Å². The maximum atomic E-state index is 15.1. The Morgan fingerprint density at radius 1 is 1.21 bits per heavy atom. The zero-order valence-electron chi connectivity index (χ0n) is 19.3. The molecule has 176 valence electrons. The van der Waals surface area contributed by atoms with Crippen LogP contribution in [-0.2, 0) is 17.6 Å². The number of amides is 1. The maximum Gasteiger partial charge on any atom is 0.317 e. The number of hydroxylamine groups is 3. The van der Waals surface area contributed by atoms with E-state index in [1.165, 1.54) is 6.07 Å². The number of halogens is 1. The van der Waals surface area contributed by atoms with E-state index in [1.54, 1.807) is 32.4 Å². The number of hydrogen-bond donors (Lipinski definition) is 0. The molecule has 3 aromatic rings. The van der Waals surface area contributed by atoms with Crippen LogP contribution >= 0.6 is 0 Å². The fourth-order valence-electron chi connectivity index (χ4n) is 4.58. The van der Waals surface area contributed by atoms with Gasteiger partial charge in [0.25, 0.3) is 0 Å². The van der Waals surface area contributed by atoms with Crippen molar-refractivity contribution < 1.29 is 23.3 Å². The van der Waals surface area contributed by atoms with Gasteiger partial charge in [0, 0.05) is 17.8 Å². The second kappa shape index (κ2) is 8.81. The van der Waals surface area contributed by atoms with Crippen LogP contribution in [0.4, 0.5) is 4.39 Å². The van der Waals surface area contributed by atoms with E-state index in [0.717, 1.165) is 28.7 Å². The largest absolute Gasteiger partial charge is 0.625 e. The molecule has 1 amide bonds. The van der Waals surface area contributed by atoms with Crippen molar-refractivity contribution >= 4 is 5.91 Å². The van der Waals surface area contributed by atoms with E-state index in [2.05, 4.69) is 4.98 Å². The van der Waals surface area contributed by atoms with Gasteiger partial charge in [-0.25, -0.2) is 14.2 Å². The highest BCUT2D eigenvalue weighted by Crippen LogP contribution is 2.38. The van der Waals surface area contributed by atoms with Gasteiger partial charge in [-0.3, -0.25) is 4.65 Å². The van der Waals surface area contributed by atoms with E-state index in [-0.39, 0.29) is 17.6 Å². The Morgan fingerprint density at radius 3 is 2.74 bits per heavy atom. The Labute approximate surface area is 198 Å². The number of rotatable bonds is 6. The fourth-order valence-corrected chi connectivity index (χ4v) is 4.58. The van der Waals surface area contributed by atoms with Gasteiger partial charge in [-0.1, -0.05) is 24.3 Å². The molecule has 2 aliphatic heterocycles. The van der Waals surface area contributed by atoms with Crippen LogP contribution in [0.3, 0.4) is 0 Å². The van der Waals surface area contributed by atoms with Crippen molar-refractivity contribution in [2.75, 3.05) is 20.2 Å². The van der Waals surface area contributed by atoms with Gasteiger partial charge >= 0.3 is 5.91 Å². The number of benzene rings is 2. The average molecular weight is 463 g/mol. The van der Waals surface area contributed by atoms with E-state index in [1.807, 2.05) is 30.3 Å². The van der Waals surface area contributed by atoms with Crippen molar-refractivity contribution in [1.82, 2.24) is 4.98 Å². The smallest absolute Gasteiger partial charge is 0.317 e. The van der Waals surface area contributed by atoms with Gasteiger partial charge in [0.2, 0.25) is 5.88 Å². The fraction of sp³-hybridized carbons (Fsp3) is 0.333. The highest BCUT2D eigenvalue weighted by atomic mass is 19.1. The van der Waals surface area contributed by atoms with Crippen molar-refractivity contribution in [2.45, 2.75) is 32.3 Å². The predicted molar refractivity (Wildman–Crippen MR) is 126 cm³/mol. The van der Waals surface area contributed by atoms with Gasteiger partial charge in [0.05, 0.1) is 13.0 Å². The molecule has 34 heavy (non-hydrogen) atoms. The molecule has 7 heteroatoms. The molecule has 0 N–H and O–H groups in total. The third kappa shape index (κ3) is 4.41. The van der Waals surface area contributed by atoms with Crippen molar-refractivity contribution in [2.24, 2.45) is 5.92 Å². The summed E-state index contributed by atoms with van der Waals surface area (Å²) in [5.74, 6) is 0.260. The molecule has 0 radical (unpaired) electrons. The van der Waals surface area contributed by atoms with Crippen LogP contribution in [0.2, 0.25) is 0 Å². The number of aryl methyl sites for hydroxylation is 1. The summed E-state index contributed by atoms with van der Waals surface area (Å²) in [6, 6.07) is 14.7. The molecule has 2 aliphatic rings. The van der Waals surface area contributed by atoms with Gasteiger partial charge in [-0.05, 0) is 66.6 Å².